The molecule has 0 spiro atoms. The van der Waals surface area contributed by atoms with E-state index in [1.54, 1.807) is 17.4 Å². The third-order valence-electron chi connectivity index (χ3n) is 5.71. The maximum absolute atomic E-state index is 9.25. The molecule has 0 saturated heterocycles. The molecule has 0 fully saturated rings. The van der Waals surface area contributed by atoms with E-state index in [1.807, 2.05) is 48.6 Å². The Balaban J connectivity index is 1.52. The zero-order chi connectivity index (χ0) is 24.6. The Morgan fingerprint density at radius 2 is 1.51 bits per heavy atom. The van der Waals surface area contributed by atoms with Crippen molar-refractivity contribution < 1.29 is 4.74 Å². The van der Waals surface area contributed by atoms with Gasteiger partial charge in [0.05, 0.1) is 0 Å². The number of nitrogens with zero attached hydrogens (tertiary/aromatic N) is 3. The fourth-order valence-electron chi connectivity index (χ4n) is 3.84. The normalized spacial score (nSPS) is 12.6. The molecule has 3 aromatic rings. The molecule has 35 heavy (non-hydrogen) atoms. The molecule has 5 heteroatoms. The van der Waals surface area contributed by atoms with Gasteiger partial charge in [-0.25, -0.2) is 0 Å². The summed E-state index contributed by atoms with van der Waals surface area (Å²) in [6.07, 6.45) is 10.1. The predicted molar refractivity (Wildman–Crippen MR) is 146 cm³/mol. The molecule has 1 aliphatic rings. The number of hydrogen-bond donors (Lipinski definition) is 0. The summed E-state index contributed by atoms with van der Waals surface area (Å²) in [7, 11) is 0. The minimum atomic E-state index is -0.0425. The van der Waals surface area contributed by atoms with Gasteiger partial charge in [-0.2, -0.15) is 10.5 Å². The fourth-order valence-corrected chi connectivity index (χ4v) is 4.66. The monoisotopic (exact) mass is 475 g/mol. The van der Waals surface area contributed by atoms with Crippen LogP contribution in [-0.2, 0) is 0 Å². The molecule has 0 aliphatic carbocycles. The molecule has 4 nitrogen and oxygen atoms in total. The van der Waals surface area contributed by atoms with Gasteiger partial charge in [0, 0.05) is 34.1 Å². The summed E-state index contributed by atoms with van der Waals surface area (Å²) in [6.45, 7) is 6.34. The van der Waals surface area contributed by atoms with Gasteiger partial charge in [0.2, 0.25) is 0 Å². The number of allylic oxidation sites excluding steroid dienone is 4. The molecule has 0 amide bonds. The predicted octanol–water partition coefficient (Wildman–Crippen LogP) is 7.56. The fraction of sp³-hybridized carbons (Fsp3) is 0.133. The molecule has 2 heterocycles. The molecule has 0 bridgehead atoms. The van der Waals surface area contributed by atoms with Crippen molar-refractivity contribution in [1.82, 2.24) is 0 Å². The van der Waals surface area contributed by atoms with Crippen molar-refractivity contribution in [2.75, 3.05) is 18.0 Å². The maximum Gasteiger partial charge on any atom is 0.172 e. The summed E-state index contributed by atoms with van der Waals surface area (Å²) in [5, 5.41) is 18.5. The number of para-hydroxylation sites is 1. The van der Waals surface area contributed by atoms with Crippen molar-refractivity contribution in [2.45, 2.75) is 13.8 Å². The first-order valence-electron chi connectivity index (χ1n) is 11.5. The van der Waals surface area contributed by atoms with Gasteiger partial charge in [0.25, 0.3) is 0 Å². The Labute approximate surface area is 210 Å². The van der Waals surface area contributed by atoms with Crippen LogP contribution in [0.1, 0.15) is 34.7 Å². The topological polar surface area (TPSA) is 60.0 Å². The second kappa shape index (κ2) is 11.2. The van der Waals surface area contributed by atoms with Crippen LogP contribution < -0.4 is 9.64 Å². The lowest BCUT2D eigenvalue weighted by Crippen LogP contribution is -2.21. The minimum absolute atomic E-state index is 0.0425. The molecule has 0 saturated carbocycles. The van der Waals surface area contributed by atoms with E-state index in [1.165, 1.54) is 11.3 Å². The van der Waals surface area contributed by atoms with Gasteiger partial charge in [-0.15, -0.1) is 11.3 Å². The molecule has 0 radical (unpaired) electrons. The second-order valence-electron chi connectivity index (χ2n) is 7.83. The van der Waals surface area contributed by atoms with Crippen LogP contribution in [0.25, 0.3) is 23.8 Å². The Kier molecular flexibility index (Phi) is 7.63. The molecule has 0 N–H and O–H groups in total. The first-order chi connectivity index (χ1) is 17.1. The number of fused-ring (bicyclic) bond motifs is 1. The number of rotatable bonds is 7. The first kappa shape index (κ1) is 23.8. The highest BCUT2D eigenvalue weighted by Gasteiger charge is 2.18. The highest BCUT2D eigenvalue weighted by Crippen LogP contribution is 2.35. The third-order valence-corrected chi connectivity index (χ3v) is 6.73. The molecule has 1 aromatic heterocycles. The molecule has 0 unspecified atom stereocenters. The quantitative estimate of drug-likeness (QED) is 0.331. The van der Waals surface area contributed by atoms with Crippen LogP contribution in [0.5, 0.6) is 5.75 Å². The van der Waals surface area contributed by atoms with Crippen molar-refractivity contribution >= 4 is 40.8 Å². The molecule has 4 rings (SSSR count). The van der Waals surface area contributed by atoms with Crippen molar-refractivity contribution in [3.8, 4) is 17.9 Å². The largest absolute Gasteiger partial charge is 0.455 e. The van der Waals surface area contributed by atoms with Crippen LogP contribution in [0.2, 0.25) is 0 Å². The van der Waals surface area contributed by atoms with E-state index in [-0.39, 0.29) is 11.3 Å². The average molecular weight is 476 g/mol. The lowest BCUT2D eigenvalue weighted by atomic mass is 10.00. The zero-order valence-corrected chi connectivity index (χ0v) is 20.5. The van der Waals surface area contributed by atoms with Gasteiger partial charge in [0.1, 0.15) is 17.9 Å². The number of hydrogen-bond acceptors (Lipinski definition) is 5. The number of ether oxygens (including phenoxy) is 1. The summed E-state index contributed by atoms with van der Waals surface area (Å²) < 4.78 is 5.78. The Morgan fingerprint density at radius 1 is 0.857 bits per heavy atom. The van der Waals surface area contributed by atoms with Crippen LogP contribution in [-0.4, -0.2) is 13.1 Å². The van der Waals surface area contributed by atoms with Gasteiger partial charge in [-0.3, -0.25) is 0 Å². The van der Waals surface area contributed by atoms with Gasteiger partial charge in [-0.05, 0) is 73.5 Å². The summed E-state index contributed by atoms with van der Waals surface area (Å²) in [5.74, 6) is 0.907. The van der Waals surface area contributed by atoms with E-state index in [9.17, 15) is 10.5 Å². The van der Waals surface area contributed by atoms with E-state index in [0.717, 1.165) is 34.0 Å². The molecule has 1 aliphatic heterocycles. The highest BCUT2D eigenvalue weighted by molar-refractivity contribution is 7.13. The van der Waals surface area contributed by atoms with Gasteiger partial charge in [0.15, 0.2) is 11.3 Å². The smallest absolute Gasteiger partial charge is 0.172 e. The second-order valence-corrected chi connectivity index (χ2v) is 8.98. The van der Waals surface area contributed by atoms with Crippen LogP contribution in [0, 0.1) is 22.7 Å². The van der Waals surface area contributed by atoms with E-state index in [0.29, 0.717) is 5.75 Å². The SMILES string of the molecule is CCN(CC)c1ccc(/C=C/c2ccc(/C=C/C3=CC(=C(C#N)C#N)Oc4ccccc43)s2)cc1. The minimum Gasteiger partial charge on any atom is -0.455 e. The van der Waals surface area contributed by atoms with Crippen LogP contribution in [0.3, 0.4) is 0 Å². The summed E-state index contributed by atoms with van der Waals surface area (Å²) in [6, 6.07) is 24.3. The number of nitriles is 2. The van der Waals surface area contributed by atoms with Crippen molar-refractivity contribution in [3.05, 3.63) is 105 Å². The van der Waals surface area contributed by atoms with E-state index in [4.69, 9.17) is 4.74 Å². The van der Waals surface area contributed by atoms with E-state index < -0.39 is 0 Å². The summed E-state index contributed by atoms with van der Waals surface area (Å²) >= 11 is 1.70. The van der Waals surface area contributed by atoms with E-state index in [2.05, 4.69) is 67.3 Å². The van der Waals surface area contributed by atoms with Crippen LogP contribution in [0.4, 0.5) is 5.69 Å². The zero-order valence-electron chi connectivity index (χ0n) is 19.7. The lowest BCUT2D eigenvalue weighted by Gasteiger charge is -2.20. The van der Waals surface area contributed by atoms with Crippen molar-refractivity contribution in [3.63, 3.8) is 0 Å². The van der Waals surface area contributed by atoms with Gasteiger partial charge in [-0.1, -0.05) is 42.5 Å². The molecular formula is C30H25N3OS. The van der Waals surface area contributed by atoms with Crippen LogP contribution in [0.15, 0.2) is 84.1 Å². The lowest BCUT2D eigenvalue weighted by molar-refractivity contribution is 0.436. The summed E-state index contributed by atoms with van der Waals surface area (Å²) in [4.78, 5) is 4.60. The maximum atomic E-state index is 9.25. The number of thiophene rings is 1. The molecule has 0 atom stereocenters. The number of anilines is 1. The van der Waals surface area contributed by atoms with Crippen LogP contribution >= 0.6 is 11.3 Å². The molecule has 172 valence electrons. The Bertz CT molecular complexity index is 1390. The Hall–Kier alpha value is -4.32. The molecule has 2 aromatic carbocycles. The van der Waals surface area contributed by atoms with E-state index >= 15 is 0 Å². The highest BCUT2D eigenvalue weighted by atomic mass is 32.1. The molecular weight excluding hydrogens is 450 g/mol. The first-order valence-corrected chi connectivity index (χ1v) is 12.3. The Morgan fingerprint density at radius 3 is 2.17 bits per heavy atom. The van der Waals surface area contributed by atoms with Gasteiger partial charge >= 0.3 is 0 Å². The number of benzene rings is 2. The summed E-state index contributed by atoms with van der Waals surface area (Å²) in [5.41, 5.74) is 4.19. The standard InChI is InChI=1S/C30H25N3OS/c1-3-33(4-2)25-13-9-22(10-14-25)11-15-26-17-18-27(35-26)16-12-23-19-30(24(20-31)21-32)34-29-8-6-5-7-28(23)29/h5-19H,3-4H2,1-2H3/b15-11+,16-12+. The van der Waals surface area contributed by atoms with Gasteiger partial charge < -0.3 is 9.64 Å². The third kappa shape index (κ3) is 5.61. The van der Waals surface area contributed by atoms with Crippen molar-refractivity contribution in [1.29, 1.82) is 10.5 Å². The van der Waals surface area contributed by atoms with Crippen molar-refractivity contribution in [2.24, 2.45) is 0 Å². The average Bonchev–Trinajstić information content (AvgIpc) is 3.36.